The van der Waals surface area contributed by atoms with Gasteiger partial charge in [-0.15, -0.1) is 0 Å². The Bertz CT molecular complexity index is 1300. The van der Waals surface area contributed by atoms with Crippen LogP contribution in [0.4, 0.5) is 0 Å². The SMILES string of the molecule is O=C1NCCCC[C@@H]1N(Cc1ccc(OC2Cc3ccccc3C2)cc1)C(=O)Cc1ccc2c(c1)OCO2. The van der Waals surface area contributed by atoms with Crippen molar-refractivity contribution in [1.29, 1.82) is 0 Å². The summed E-state index contributed by atoms with van der Waals surface area (Å²) in [6, 6.07) is 21.5. The van der Waals surface area contributed by atoms with Gasteiger partial charge in [0.25, 0.3) is 0 Å². The summed E-state index contributed by atoms with van der Waals surface area (Å²) in [5.41, 5.74) is 4.50. The third-order valence-corrected chi connectivity index (χ3v) is 7.59. The van der Waals surface area contributed by atoms with Crippen molar-refractivity contribution in [2.75, 3.05) is 13.3 Å². The fourth-order valence-electron chi connectivity index (χ4n) is 5.58. The number of carbonyl (C=O) groups excluding carboxylic acids is 2. The van der Waals surface area contributed by atoms with Crippen LogP contribution in [0.3, 0.4) is 0 Å². The lowest BCUT2D eigenvalue weighted by Crippen LogP contribution is -2.48. The maximum absolute atomic E-state index is 13.6. The van der Waals surface area contributed by atoms with Gasteiger partial charge in [0.2, 0.25) is 18.6 Å². The van der Waals surface area contributed by atoms with Crippen molar-refractivity contribution >= 4 is 11.8 Å². The van der Waals surface area contributed by atoms with E-state index in [4.69, 9.17) is 14.2 Å². The number of ether oxygens (including phenoxy) is 3. The summed E-state index contributed by atoms with van der Waals surface area (Å²) in [5.74, 6) is 1.98. The molecular weight excluding hydrogens is 480 g/mol. The highest BCUT2D eigenvalue weighted by atomic mass is 16.7. The molecule has 0 radical (unpaired) electrons. The lowest BCUT2D eigenvalue weighted by Gasteiger charge is -2.30. The Balaban J connectivity index is 1.16. The zero-order valence-corrected chi connectivity index (χ0v) is 21.4. The van der Waals surface area contributed by atoms with Crippen LogP contribution in [0.2, 0.25) is 0 Å². The molecule has 2 aliphatic heterocycles. The fraction of sp³-hybridized carbons (Fsp3) is 0.355. The van der Waals surface area contributed by atoms with Gasteiger partial charge in [-0.25, -0.2) is 0 Å². The fourth-order valence-corrected chi connectivity index (χ4v) is 5.58. The van der Waals surface area contributed by atoms with Crippen molar-refractivity contribution in [3.8, 4) is 17.2 Å². The molecule has 7 heteroatoms. The lowest BCUT2D eigenvalue weighted by atomic mass is 10.0. The van der Waals surface area contributed by atoms with Crippen LogP contribution in [0, 0.1) is 0 Å². The van der Waals surface area contributed by atoms with Crippen molar-refractivity contribution in [1.82, 2.24) is 10.2 Å². The molecular formula is C31H32N2O5. The minimum absolute atomic E-state index is 0.0812. The zero-order chi connectivity index (χ0) is 25.9. The maximum atomic E-state index is 13.6. The molecule has 2 heterocycles. The molecule has 2 amide bonds. The first kappa shape index (κ1) is 24.3. The number of rotatable bonds is 7. The average Bonchev–Trinajstić information content (AvgIpc) is 3.50. The minimum Gasteiger partial charge on any atom is -0.490 e. The van der Waals surface area contributed by atoms with Gasteiger partial charge in [0.05, 0.1) is 6.42 Å². The summed E-state index contributed by atoms with van der Waals surface area (Å²) < 4.78 is 17.1. The molecule has 0 bridgehead atoms. The molecule has 0 spiro atoms. The van der Waals surface area contributed by atoms with Gasteiger partial charge in [-0.05, 0) is 65.8 Å². The molecule has 7 nitrogen and oxygen atoms in total. The Labute approximate surface area is 222 Å². The van der Waals surface area contributed by atoms with Gasteiger partial charge in [-0.3, -0.25) is 9.59 Å². The molecule has 0 aromatic heterocycles. The van der Waals surface area contributed by atoms with E-state index in [9.17, 15) is 9.59 Å². The number of nitrogens with zero attached hydrogens (tertiary/aromatic N) is 1. The van der Waals surface area contributed by atoms with Gasteiger partial charge in [-0.1, -0.05) is 42.5 Å². The van der Waals surface area contributed by atoms with Crippen molar-refractivity contribution in [3.63, 3.8) is 0 Å². The molecule has 38 heavy (non-hydrogen) atoms. The first-order chi connectivity index (χ1) is 18.6. The molecule has 0 unspecified atom stereocenters. The molecule has 3 aliphatic rings. The van der Waals surface area contributed by atoms with Gasteiger partial charge >= 0.3 is 0 Å². The number of amides is 2. The smallest absolute Gasteiger partial charge is 0.242 e. The monoisotopic (exact) mass is 512 g/mol. The first-order valence-corrected chi connectivity index (χ1v) is 13.4. The van der Waals surface area contributed by atoms with E-state index in [-0.39, 0.29) is 31.1 Å². The molecule has 0 saturated carbocycles. The molecule has 1 N–H and O–H groups in total. The molecule has 6 rings (SSSR count). The van der Waals surface area contributed by atoms with Crippen LogP contribution in [0.5, 0.6) is 17.2 Å². The topological polar surface area (TPSA) is 77.1 Å². The third kappa shape index (κ3) is 5.32. The number of fused-ring (bicyclic) bond motifs is 2. The second-order valence-electron chi connectivity index (χ2n) is 10.2. The molecule has 3 aromatic carbocycles. The standard InChI is InChI=1S/C31H32N2O5/c34-30(16-22-10-13-28-29(15-22)37-20-36-28)33(27-7-3-4-14-32-31(27)35)19-21-8-11-25(12-9-21)38-26-17-23-5-1-2-6-24(23)18-26/h1-2,5-6,8-13,15,26-27H,3-4,7,14,16-20H2,(H,32,35)/t27-/m0/s1. The normalized spacial score (nSPS) is 18.4. The van der Waals surface area contributed by atoms with E-state index in [0.717, 1.165) is 42.6 Å². The van der Waals surface area contributed by atoms with Gasteiger partial charge in [-0.2, -0.15) is 0 Å². The van der Waals surface area contributed by atoms with E-state index in [1.165, 1.54) is 11.1 Å². The highest BCUT2D eigenvalue weighted by molar-refractivity contribution is 5.88. The molecule has 3 aromatic rings. The zero-order valence-electron chi connectivity index (χ0n) is 21.4. The van der Waals surface area contributed by atoms with Crippen LogP contribution in [0.25, 0.3) is 0 Å². The van der Waals surface area contributed by atoms with E-state index in [0.29, 0.717) is 31.0 Å². The van der Waals surface area contributed by atoms with E-state index in [2.05, 4.69) is 29.6 Å². The van der Waals surface area contributed by atoms with Crippen LogP contribution in [-0.4, -0.2) is 42.2 Å². The molecule has 196 valence electrons. The Hall–Kier alpha value is -4.00. The number of hydrogen-bond acceptors (Lipinski definition) is 5. The second kappa shape index (κ2) is 10.8. The van der Waals surface area contributed by atoms with Gasteiger partial charge in [0.15, 0.2) is 11.5 Å². The number of hydrogen-bond donors (Lipinski definition) is 1. The van der Waals surface area contributed by atoms with Crippen molar-refractivity contribution in [2.24, 2.45) is 0 Å². The van der Waals surface area contributed by atoms with E-state index in [1.54, 1.807) is 4.90 Å². The Morgan fingerprint density at radius 1 is 0.921 bits per heavy atom. The number of carbonyl (C=O) groups is 2. The van der Waals surface area contributed by atoms with Crippen molar-refractivity contribution in [2.45, 2.75) is 57.2 Å². The molecule has 1 aliphatic carbocycles. The van der Waals surface area contributed by atoms with Crippen molar-refractivity contribution in [3.05, 3.63) is 89.0 Å². The summed E-state index contributed by atoms with van der Waals surface area (Å²) >= 11 is 0. The summed E-state index contributed by atoms with van der Waals surface area (Å²) in [7, 11) is 0. The summed E-state index contributed by atoms with van der Waals surface area (Å²) in [6.45, 7) is 1.20. The van der Waals surface area contributed by atoms with E-state index < -0.39 is 6.04 Å². The number of nitrogens with one attached hydrogen (secondary N) is 1. The van der Waals surface area contributed by atoms with E-state index >= 15 is 0 Å². The Morgan fingerprint density at radius 3 is 2.45 bits per heavy atom. The van der Waals surface area contributed by atoms with Crippen molar-refractivity contribution < 1.29 is 23.8 Å². The summed E-state index contributed by atoms with van der Waals surface area (Å²) in [4.78, 5) is 28.3. The van der Waals surface area contributed by atoms with Crippen LogP contribution in [0.15, 0.2) is 66.7 Å². The maximum Gasteiger partial charge on any atom is 0.242 e. The largest absolute Gasteiger partial charge is 0.490 e. The molecule has 1 atom stereocenters. The van der Waals surface area contributed by atoms with Gasteiger partial charge in [0.1, 0.15) is 17.9 Å². The lowest BCUT2D eigenvalue weighted by molar-refractivity contribution is -0.140. The Kier molecular flexibility index (Phi) is 6.90. The van der Waals surface area contributed by atoms with Gasteiger partial charge in [0, 0.05) is 25.9 Å². The third-order valence-electron chi connectivity index (χ3n) is 7.59. The average molecular weight is 513 g/mol. The highest BCUT2D eigenvalue weighted by Gasteiger charge is 2.31. The van der Waals surface area contributed by atoms with Gasteiger partial charge < -0.3 is 24.4 Å². The highest BCUT2D eigenvalue weighted by Crippen LogP contribution is 2.33. The van der Waals surface area contributed by atoms with Crippen LogP contribution < -0.4 is 19.5 Å². The second-order valence-corrected chi connectivity index (χ2v) is 10.2. The quantitative estimate of drug-likeness (QED) is 0.514. The summed E-state index contributed by atoms with van der Waals surface area (Å²) in [5, 5.41) is 2.98. The first-order valence-electron chi connectivity index (χ1n) is 13.4. The van der Waals surface area contributed by atoms with Crippen LogP contribution in [-0.2, 0) is 35.4 Å². The van der Waals surface area contributed by atoms with Crippen LogP contribution in [0.1, 0.15) is 41.5 Å². The number of benzene rings is 3. The molecule has 1 saturated heterocycles. The van der Waals surface area contributed by atoms with E-state index in [1.807, 2.05) is 42.5 Å². The molecule has 1 fully saturated rings. The summed E-state index contributed by atoms with van der Waals surface area (Å²) in [6.07, 6.45) is 4.62. The predicted octanol–water partition coefficient (Wildman–Crippen LogP) is 4.20. The predicted molar refractivity (Wildman–Crippen MR) is 142 cm³/mol. The van der Waals surface area contributed by atoms with Crippen LogP contribution >= 0.6 is 0 Å². The Morgan fingerprint density at radius 2 is 1.66 bits per heavy atom. The minimum atomic E-state index is -0.494.